The first-order valence-corrected chi connectivity index (χ1v) is 11.7. The Balaban J connectivity index is 1.43. The minimum absolute atomic E-state index is 0.0240. The van der Waals surface area contributed by atoms with Crippen LogP contribution >= 0.6 is 0 Å². The summed E-state index contributed by atoms with van der Waals surface area (Å²) in [6.45, 7) is 7.51. The van der Waals surface area contributed by atoms with E-state index < -0.39 is 5.60 Å². The first-order valence-electron chi connectivity index (χ1n) is 11.7. The van der Waals surface area contributed by atoms with E-state index >= 15 is 0 Å². The Labute approximate surface area is 191 Å². The summed E-state index contributed by atoms with van der Waals surface area (Å²) in [6, 6.07) is 23.9. The van der Waals surface area contributed by atoms with Crippen molar-refractivity contribution in [2.24, 2.45) is 0 Å². The number of nitrogens with one attached hydrogen (secondary N) is 1. The number of alkyl carbamates (subject to hydrolysis) is 1. The molecule has 4 nitrogen and oxygen atoms in total. The van der Waals surface area contributed by atoms with Crippen molar-refractivity contribution in [1.29, 1.82) is 0 Å². The van der Waals surface area contributed by atoms with Crippen molar-refractivity contribution in [3.05, 3.63) is 83.4 Å². The second-order valence-corrected chi connectivity index (χ2v) is 9.68. The highest BCUT2D eigenvalue weighted by molar-refractivity contribution is 5.85. The fourth-order valence-electron chi connectivity index (χ4n) is 4.58. The van der Waals surface area contributed by atoms with E-state index in [1.54, 1.807) is 0 Å². The molecule has 4 rings (SSSR count). The lowest BCUT2D eigenvalue weighted by atomic mass is 9.96. The SMILES string of the molecule is CC(C)(C)OC(=O)NC1CCCN1Cc1ccccc1CCc1cccc2ccccc12. The lowest BCUT2D eigenvalue weighted by Gasteiger charge is -2.28. The predicted octanol–water partition coefficient (Wildman–Crippen LogP) is 6.07. The third kappa shape index (κ3) is 5.68. The zero-order chi connectivity index (χ0) is 22.6. The number of likely N-dealkylation sites (tertiary alicyclic amines) is 1. The van der Waals surface area contributed by atoms with E-state index in [2.05, 4.69) is 76.9 Å². The summed E-state index contributed by atoms with van der Waals surface area (Å²) in [5.41, 5.74) is 3.62. The maximum absolute atomic E-state index is 12.3. The standard InChI is InChI=1S/C28H34N2O2/c1-28(2,3)32-27(31)29-26-16-9-19-30(26)20-24-12-5-4-10-21(24)17-18-23-14-8-13-22-11-6-7-15-25(22)23/h4-8,10-15,26H,9,16-20H2,1-3H3,(H,29,31). The summed E-state index contributed by atoms with van der Waals surface area (Å²) < 4.78 is 5.47. The molecule has 0 saturated carbocycles. The molecule has 1 heterocycles. The molecule has 1 aliphatic heterocycles. The first-order chi connectivity index (χ1) is 15.4. The summed E-state index contributed by atoms with van der Waals surface area (Å²) in [4.78, 5) is 14.6. The summed E-state index contributed by atoms with van der Waals surface area (Å²) >= 11 is 0. The molecule has 1 amide bonds. The number of carbonyl (C=O) groups excluding carboxylic acids is 1. The Morgan fingerprint density at radius 2 is 1.59 bits per heavy atom. The summed E-state index contributed by atoms with van der Waals surface area (Å²) in [6.07, 6.45) is 3.74. The van der Waals surface area contributed by atoms with E-state index in [0.717, 1.165) is 38.8 Å². The van der Waals surface area contributed by atoms with Gasteiger partial charge in [0, 0.05) is 13.1 Å². The van der Waals surface area contributed by atoms with Gasteiger partial charge in [-0.2, -0.15) is 0 Å². The molecule has 3 aromatic carbocycles. The Kier molecular flexibility index (Phi) is 6.80. The van der Waals surface area contributed by atoms with E-state index in [9.17, 15) is 4.79 Å². The molecular weight excluding hydrogens is 396 g/mol. The quantitative estimate of drug-likeness (QED) is 0.516. The molecule has 0 aliphatic carbocycles. The number of aryl methyl sites for hydroxylation is 2. The number of carbonyl (C=O) groups is 1. The van der Waals surface area contributed by atoms with Gasteiger partial charge in [0.2, 0.25) is 0 Å². The smallest absolute Gasteiger partial charge is 0.408 e. The van der Waals surface area contributed by atoms with Gasteiger partial charge in [-0.3, -0.25) is 4.90 Å². The van der Waals surface area contributed by atoms with Crippen LogP contribution in [0.3, 0.4) is 0 Å². The molecule has 3 aromatic rings. The third-order valence-corrected chi connectivity index (χ3v) is 6.08. The zero-order valence-corrected chi connectivity index (χ0v) is 19.4. The van der Waals surface area contributed by atoms with Gasteiger partial charge in [0.05, 0.1) is 6.17 Å². The Bertz CT molecular complexity index is 1060. The third-order valence-electron chi connectivity index (χ3n) is 6.08. The van der Waals surface area contributed by atoms with Crippen LogP contribution in [0.15, 0.2) is 66.7 Å². The first kappa shape index (κ1) is 22.3. The van der Waals surface area contributed by atoms with Gasteiger partial charge in [-0.1, -0.05) is 66.7 Å². The van der Waals surface area contributed by atoms with Gasteiger partial charge < -0.3 is 10.1 Å². The fraction of sp³-hybridized carbons (Fsp3) is 0.393. The number of hydrogen-bond acceptors (Lipinski definition) is 3. The largest absolute Gasteiger partial charge is 0.444 e. The summed E-state index contributed by atoms with van der Waals surface area (Å²) in [7, 11) is 0. The van der Waals surface area contributed by atoms with Crippen molar-refractivity contribution in [2.75, 3.05) is 6.54 Å². The van der Waals surface area contributed by atoms with Crippen LogP contribution in [0, 0.1) is 0 Å². The van der Waals surface area contributed by atoms with Crippen LogP contribution in [0.2, 0.25) is 0 Å². The van der Waals surface area contributed by atoms with Gasteiger partial charge in [0.1, 0.15) is 5.60 Å². The molecule has 1 unspecified atom stereocenters. The van der Waals surface area contributed by atoms with Crippen molar-refractivity contribution < 1.29 is 9.53 Å². The van der Waals surface area contributed by atoms with Gasteiger partial charge in [-0.05, 0) is 73.9 Å². The van der Waals surface area contributed by atoms with E-state index in [1.807, 2.05) is 20.8 Å². The summed E-state index contributed by atoms with van der Waals surface area (Å²) in [5, 5.41) is 5.71. The maximum Gasteiger partial charge on any atom is 0.408 e. The van der Waals surface area contributed by atoms with E-state index in [-0.39, 0.29) is 12.3 Å². The zero-order valence-electron chi connectivity index (χ0n) is 19.4. The fourth-order valence-corrected chi connectivity index (χ4v) is 4.58. The minimum Gasteiger partial charge on any atom is -0.444 e. The van der Waals surface area contributed by atoms with Gasteiger partial charge in [0.15, 0.2) is 0 Å². The van der Waals surface area contributed by atoms with E-state index in [4.69, 9.17) is 4.74 Å². The predicted molar refractivity (Wildman–Crippen MR) is 131 cm³/mol. The number of nitrogens with zero attached hydrogens (tertiary/aromatic N) is 1. The van der Waals surface area contributed by atoms with Crippen molar-refractivity contribution >= 4 is 16.9 Å². The van der Waals surface area contributed by atoms with Crippen LogP contribution in [0.1, 0.15) is 50.3 Å². The van der Waals surface area contributed by atoms with Crippen molar-refractivity contribution in [2.45, 2.75) is 64.8 Å². The molecule has 0 radical (unpaired) electrons. The highest BCUT2D eigenvalue weighted by atomic mass is 16.6. The van der Waals surface area contributed by atoms with Crippen molar-refractivity contribution in [3.8, 4) is 0 Å². The molecule has 0 bridgehead atoms. The number of fused-ring (bicyclic) bond motifs is 1. The Morgan fingerprint density at radius 3 is 2.41 bits per heavy atom. The van der Waals surface area contributed by atoms with Crippen LogP contribution < -0.4 is 5.32 Å². The second kappa shape index (κ2) is 9.74. The average Bonchev–Trinajstić information content (AvgIpc) is 3.18. The number of benzene rings is 3. The van der Waals surface area contributed by atoms with Gasteiger partial charge in [0.25, 0.3) is 0 Å². The lowest BCUT2D eigenvalue weighted by molar-refractivity contribution is 0.0444. The number of hydrogen-bond donors (Lipinski definition) is 1. The molecule has 1 atom stereocenters. The van der Waals surface area contributed by atoms with E-state index in [1.165, 1.54) is 27.5 Å². The molecule has 1 N–H and O–H groups in total. The van der Waals surface area contributed by atoms with Gasteiger partial charge in [-0.15, -0.1) is 0 Å². The monoisotopic (exact) mass is 430 g/mol. The lowest BCUT2D eigenvalue weighted by Crippen LogP contribution is -2.45. The van der Waals surface area contributed by atoms with E-state index in [0.29, 0.717) is 0 Å². The molecule has 1 fully saturated rings. The van der Waals surface area contributed by atoms with Crippen molar-refractivity contribution in [1.82, 2.24) is 10.2 Å². The van der Waals surface area contributed by atoms with Crippen LogP contribution in [0.5, 0.6) is 0 Å². The van der Waals surface area contributed by atoms with Crippen LogP contribution in [0.4, 0.5) is 4.79 Å². The number of ether oxygens (including phenoxy) is 1. The molecule has 4 heteroatoms. The molecule has 168 valence electrons. The molecule has 0 aromatic heterocycles. The normalized spacial score (nSPS) is 16.9. The Hall–Kier alpha value is -2.85. The van der Waals surface area contributed by atoms with Crippen LogP contribution in [-0.4, -0.2) is 29.3 Å². The Morgan fingerprint density at radius 1 is 0.938 bits per heavy atom. The number of rotatable bonds is 6. The molecule has 0 spiro atoms. The topological polar surface area (TPSA) is 41.6 Å². The molecule has 32 heavy (non-hydrogen) atoms. The average molecular weight is 431 g/mol. The molecular formula is C28H34N2O2. The van der Waals surface area contributed by atoms with Crippen molar-refractivity contribution in [3.63, 3.8) is 0 Å². The van der Waals surface area contributed by atoms with Crippen LogP contribution in [0.25, 0.3) is 10.8 Å². The highest BCUT2D eigenvalue weighted by Crippen LogP contribution is 2.24. The van der Waals surface area contributed by atoms with Gasteiger partial charge in [-0.25, -0.2) is 4.79 Å². The molecule has 1 aliphatic rings. The van der Waals surface area contributed by atoms with Crippen LogP contribution in [-0.2, 0) is 24.1 Å². The summed E-state index contributed by atoms with van der Waals surface area (Å²) in [5.74, 6) is 0. The maximum atomic E-state index is 12.3. The number of amides is 1. The molecule has 1 saturated heterocycles. The van der Waals surface area contributed by atoms with Gasteiger partial charge >= 0.3 is 6.09 Å². The highest BCUT2D eigenvalue weighted by Gasteiger charge is 2.28. The minimum atomic E-state index is -0.484. The second-order valence-electron chi connectivity index (χ2n) is 9.68.